The number of hydrogen-bond donors (Lipinski definition) is 1. The Morgan fingerprint density at radius 1 is 0.690 bits per heavy atom. The number of nitrogens with zero attached hydrogens (tertiary/aromatic N) is 3. The van der Waals surface area contributed by atoms with E-state index >= 15 is 0 Å². The number of pyridine rings is 1. The monoisotopic (exact) mass is 566 g/mol. The van der Waals surface area contributed by atoms with E-state index in [-0.39, 0.29) is 5.56 Å². The third kappa shape index (κ3) is 9.54. The molecule has 0 saturated heterocycles. The summed E-state index contributed by atoms with van der Waals surface area (Å²) in [7, 11) is 0. The summed E-state index contributed by atoms with van der Waals surface area (Å²) in [5.41, 5.74) is 6.00. The Labute approximate surface area is 252 Å². The summed E-state index contributed by atoms with van der Waals surface area (Å²) in [6.45, 7) is 5.23. The number of anilines is 2. The first-order valence-electron chi connectivity index (χ1n) is 16.5. The molecular weight excluding hydrogens is 516 g/mol. The minimum atomic E-state index is -0.191. The van der Waals surface area contributed by atoms with E-state index in [0.717, 1.165) is 52.9 Å². The molecule has 0 aliphatic rings. The number of hydrogen-bond acceptors (Lipinski definition) is 4. The van der Waals surface area contributed by atoms with Crippen LogP contribution in [0.2, 0.25) is 0 Å². The first kappa shape index (κ1) is 31.5. The van der Waals surface area contributed by atoms with Gasteiger partial charge in [-0.25, -0.2) is 5.10 Å². The summed E-state index contributed by atoms with van der Waals surface area (Å²) in [4.78, 5) is 19.6. The first-order valence-corrected chi connectivity index (χ1v) is 16.5. The molecule has 0 aliphatic heterocycles. The van der Waals surface area contributed by atoms with E-state index in [4.69, 9.17) is 4.98 Å². The van der Waals surface area contributed by atoms with Gasteiger partial charge in [-0.1, -0.05) is 134 Å². The van der Waals surface area contributed by atoms with E-state index in [1.165, 1.54) is 89.0 Å². The Bertz CT molecular complexity index is 1400. The van der Waals surface area contributed by atoms with E-state index in [1.807, 2.05) is 6.07 Å². The van der Waals surface area contributed by atoms with Gasteiger partial charge in [0.05, 0.1) is 23.1 Å². The predicted octanol–water partition coefficient (Wildman–Crippen LogP) is 10.2. The molecule has 4 aromatic rings. The lowest BCUT2D eigenvalue weighted by Crippen LogP contribution is -2.22. The molecule has 2 heterocycles. The molecule has 0 amide bonds. The molecule has 2 aromatic carbocycles. The maximum atomic E-state index is 12.3. The van der Waals surface area contributed by atoms with Crippen molar-refractivity contribution in [2.24, 2.45) is 0 Å². The summed E-state index contributed by atoms with van der Waals surface area (Å²) in [5.74, 6) is 0. The lowest BCUT2D eigenvalue weighted by atomic mass is 10.0. The van der Waals surface area contributed by atoms with Crippen LogP contribution in [0.15, 0.2) is 71.7 Å². The molecule has 0 fully saturated rings. The van der Waals surface area contributed by atoms with Crippen molar-refractivity contribution in [1.82, 2.24) is 15.2 Å². The maximum Gasteiger partial charge on any atom is 0.266 e. The quantitative estimate of drug-likeness (QED) is 0.115. The van der Waals surface area contributed by atoms with E-state index in [9.17, 15) is 4.79 Å². The molecule has 42 heavy (non-hydrogen) atoms. The van der Waals surface area contributed by atoms with Crippen molar-refractivity contribution in [3.8, 4) is 11.1 Å². The molecule has 224 valence electrons. The topological polar surface area (TPSA) is 61.9 Å². The third-order valence-corrected chi connectivity index (χ3v) is 8.29. The normalized spacial score (nSPS) is 11.3. The zero-order valence-electron chi connectivity index (χ0n) is 25.9. The van der Waals surface area contributed by atoms with Crippen LogP contribution in [-0.2, 0) is 6.42 Å². The second kappa shape index (κ2) is 17.5. The van der Waals surface area contributed by atoms with Gasteiger partial charge in [-0.3, -0.25) is 9.78 Å². The summed E-state index contributed by atoms with van der Waals surface area (Å²) in [6, 6.07) is 20.9. The molecule has 0 saturated carbocycles. The van der Waals surface area contributed by atoms with Crippen molar-refractivity contribution in [2.45, 2.75) is 110 Å². The minimum absolute atomic E-state index is 0.191. The van der Waals surface area contributed by atoms with Gasteiger partial charge in [0.1, 0.15) is 0 Å². The Morgan fingerprint density at radius 2 is 1.33 bits per heavy atom. The summed E-state index contributed by atoms with van der Waals surface area (Å²) < 4.78 is 0. The van der Waals surface area contributed by atoms with Crippen LogP contribution >= 0.6 is 0 Å². The molecule has 0 aliphatic carbocycles. The SMILES string of the molecule is CCCCCCCCCCCCCCCCN(c1cn[nH]c(=O)c1)c1cc(-c2ccccc2)cc2ccc(CC)nc12. The zero-order valence-corrected chi connectivity index (χ0v) is 25.9. The molecule has 0 spiro atoms. The van der Waals surface area contributed by atoms with Gasteiger partial charge >= 0.3 is 0 Å². The number of aryl methyl sites for hydroxylation is 1. The fraction of sp³-hybridized carbons (Fsp3) is 0.486. The highest BCUT2D eigenvalue weighted by molar-refractivity contribution is 5.97. The largest absolute Gasteiger partial charge is 0.338 e. The Hall–Kier alpha value is -3.47. The fourth-order valence-corrected chi connectivity index (χ4v) is 5.82. The van der Waals surface area contributed by atoms with Crippen molar-refractivity contribution in [3.05, 3.63) is 82.9 Å². The van der Waals surface area contributed by atoms with Gasteiger partial charge in [0.15, 0.2) is 0 Å². The van der Waals surface area contributed by atoms with Gasteiger partial charge in [0, 0.05) is 23.7 Å². The highest BCUT2D eigenvalue weighted by Crippen LogP contribution is 2.36. The molecule has 4 rings (SSSR count). The molecule has 1 N–H and O–H groups in total. The number of benzene rings is 2. The number of aromatic amines is 1. The van der Waals surface area contributed by atoms with Crippen LogP contribution in [0, 0.1) is 0 Å². The molecule has 0 radical (unpaired) electrons. The van der Waals surface area contributed by atoms with Gasteiger partial charge in [-0.15, -0.1) is 0 Å². The zero-order chi connectivity index (χ0) is 29.4. The van der Waals surface area contributed by atoms with Gasteiger partial charge in [-0.2, -0.15) is 5.10 Å². The number of aromatic nitrogens is 3. The van der Waals surface area contributed by atoms with Gasteiger partial charge in [0.2, 0.25) is 0 Å². The maximum absolute atomic E-state index is 12.3. The van der Waals surface area contributed by atoms with E-state index < -0.39 is 0 Å². The molecule has 5 heteroatoms. The van der Waals surface area contributed by atoms with Crippen LogP contribution in [0.1, 0.15) is 109 Å². The molecule has 2 aromatic heterocycles. The smallest absolute Gasteiger partial charge is 0.266 e. The van der Waals surface area contributed by atoms with Crippen LogP contribution < -0.4 is 10.5 Å². The Morgan fingerprint density at radius 3 is 1.95 bits per heavy atom. The average molecular weight is 567 g/mol. The lowest BCUT2D eigenvalue weighted by molar-refractivity contribution is 0.536. The second-order valence-electron chi connectivity index (χ2n) is 11.6. The lowest BCUT2D eigenvalue weighted by Gasteiger charge is -2.26. The van der Waals surface area contributed by atoms with Gasteiger partial charge in [-0.05, 0) is 42.2 Å². The van der Waals surface area contributed by atoms with Crippen LogP contribution in [0.4, 0.5) is 11.4 Å². The van der Waals surface area contributed by atoms with Crippen molar-refractivity contribution in [1.29, 1.82) is 0 Å². The minimum Gasteiger partial charge on any atom is -0.338 e. The first-order chi connectivity index (χ1) is 20.7. The molecule has 0 bridgehead atoms. The molecular formula is C37H50N4O. The highest BCUT2D eigenvalue weighted by atomic mass is 16.1. The third-order valence-electron chi connectivity index (χ3n) is 8.29. The number of fused-ring (bicyclic) bond motifs is 1. The molecule has 0 atom stereocenters. The van der Waals surface area contributed by atoms with Crippen LogP contribution in [0.3, 0.4) is 0 Å². The highest BCUT2D eigenvalue weighted by Gasteiger charge is 2.17. The van der Waals surface area contributed by atoms with E-state index in [1.54, 1.807) is 12.3 Å². The van der Waals surface area contributed by atoms with Crippen molar-refractivity contribution in [2.75, 3.05) is 11.4 Å². The van der Waals surface area contributed by atoms with Crippen LogP contribution in [-0.4, -0.2) is 21.7 Å². The predicted molar refractivity (Wildman–Crippen MR) is 179 cm³/mol. The number of rotatable bonds is 19. The van der Waals surface area contributed by atoms with Crippen LogP contribution in [0.25, 0.3) is 22.0 Å². The number of unbranched alkanes of at least 4 members (excludes halogenated alkanes) is 13. The summed E-state index contributed by atoms with van der Waals surface area (Å²) in [5, 5.41) is 7.79. The fourth-order valence-electron chi connectivity index (χ4n) is 5.82. The van der Waals surface area contributed by atoms with Crippen molar-refractivity contribution >= 4 is 22.3 Å². The van der Waals surface area contributed by atoms with Gasteiger partial charge in [0.25, 0.3) is 5.56 Å². The number of H-pyrrole nitrogens is 1. The Kier molecular flexibility index (Phi) is 13.1. The van der Waals surface area contributed by atoms with Crippen LogP contribution in [0.5, 0.6) is 0 Å². The van der Waals surface area contributed by atoms with Crippen molar-refractivity contribution in [3.63, 3.8) is 0 Å². The van der Waals surface area contributed by atoms with E-state index in [2.05, 4.69) is 77.5 Å². The van der Waals surface area contributed by atoms with Gasteiger partial charge < -0.3 is 4.90 Å². The standard InChI is InChI=1S/C37H50N4O/c1-3-5-6-7-8-9-10-11-12-13-14-15-16-20-25-41(34-28-36(42)40-38-29-34)35-27-32(30-21-18-17-19-22-30)26-31-23-24-33(4-2)39-37(31)35/h17-19,21-24,26-29H,3-16,20,25H2,1-2H3,(H,40,42). The van der Waals surface area contributed by atoms with E-state index in [0.29, 0.717) is 0 Å². The molecule has 0 unspecified atom stereocenters. The molecule has 5 nitrogen and oxygen atoms in total. The average Bonchev–Trinajstić information content (AvgIpc) is 3.02. The summed E-state index contributed by atoms with van der Waals surface area (Å²) >= 11 is 0. The summed E-state index contributed by atoms with van der Waals surface area (Å²) in [6.07, 6.45) is 21.3. The van der Waals surface area contributed by atoms with Crippen molar-refractivity contribution < 1.29 is 0 Å². The second-order valence-corrected chi connectivity index (χ2v) is 11.6. The Balaban J connectivity index is 1.41. The number of nitrogens with one attached hydrogen (secondary N) is 1.